The van der Waals surface area contributed by atoms with Crippen molar-refractivity contribution in [1.29, 1.82) is 0 Å². The Labute approximate surface area is 167 Å². The number of rotatable bonds is 8. The average Bonchev–Trinajstić information content (AvgIpc) is 3.39. The molecule has 0 saturated heterocycles. The lowest BCUT2D eigenvalue weighted by molar-refractivity contribution is 0.0951. The first-order valence-corrected chi connectivity index (χ1v) is 8.55. The number of benzene rings is 1. The van der Waals surface area contributed by atoms with Crippen molar-refractivity contribution < 1.29 is 4.79 Å². The minimum atomic E-state index is -0.0325. The number of carbonyl (C=O) groups is 1. The molecule has 0 spiro atoms. The fraction of sp³-hybridized carbons (Fsp3) is 0.556. The number of nitrogens with one attached hydrogen (secondary N) is 3. The molecule has 2 rings (SSSR count). The lowest BCUT2D eigenvalue weighted by atomic mass is 10.1. The van der Waals surface area contributed by atoms with Gasteiger partial charge in [0.1, 0.15) is 0 Å². The van der Waals surface area contributed by atoms with Gasteiger partial charge in [-0.25, -0.2) is 0 Å². The molecular formula is C18H30IN5O. The molecule has 1 aromatic carbocycles. The minimum Gasteiger partial charge on any atom is -0.356 e. The molecule has 0 aromatic heterocycles. The maximum atomic E-state index is 12.2. The van der Waals surface area contributed by atoms with Crippen LogP contribution in [0.3, 0.4) is 0 Å². The van der Waals surface area contributed by atoms with Gasteiger partial charge in [-0.15, -0.1) is 24.0 Å². The predicted molar refractivity (Wildman–Crippen MR) is 114 cm³/mol. The highest BCUT2D eigenvalue weighted by molar-refractivity contribution is 14.0. The molecule has 0 radical (unpaired) electrons. The Morgan fingerprint density at radius 1 is 1.24 bits per heavy atom. The summed E-state index contributed by atoms with van der Waals surface area (Å²) in [6.45, 7) is 3.10. The average molecular weight is 459 g/mol. The van der Waals surface area contributed by atoms with Gasteiger partial charge in [0.05, 0.1) is 0 Å². The van der Waals surface area contributed by atoms with Crippen molar-refractivity contribution >= 4 is 35.8 Å². The van der Waals surface area contributed by atoms with E-state index < -0.39 is 0 Å². The lowest BCUT2D eigenvalue weighted by Gasteiger charge is -2.13. The first-order valence-electron chi connectivity index (χ1n) is 8.55. The van der Waals surface area contributed by atoms with Gasteiger partial charge < -0.3 is 20.9 Å². The van der Waals surface area contributed by atoms with Crippen molar-refractivity contribution in [3.05, 3.63) is 35.4 Å². The molecule has 0 bridgehead atoms. The van der Waals surface area contributed by atoms with Gasteiger partial charge in [-0.2, -0.15) is 0 Å². The van der Waals surface area contributed by atoms with Crippen LogP contribution >= 0.6 is 24.0 Å². The molecule has 1 fully saturated rings. The first kappa shape index (κ1) is 21.7. The summed E-state index contributed by atoms with van der Waals surface area (Å²) in [6, 6.07) is 7.69. The summed E-state index contributed by atoms with van der Waals surface area (Å²) in [5, 5.41) is 9.56. The fourth-order valence-corrected chi connectivity index (χ4v) is 2.29. The molecule has 0 heterocycles. The third-order valence-corrected chi connectivity index (χ3v) is 3.97. The van der Waals surface area contributed by atoms with Gasteiger partial charge in [-0.3, -0.25) is 9.79 Å². The van der Waals surface area contributed by atoms with Gasteiger partial charge in [-0.1, -0.05) is 12.1 Å². The van der Waals surface area contributed by atoms with E-state index in [1.165, 1.54) is 12.8 Å². The van der Waals surface area contributed by atoms with E-state index in [1.54, 1.807) is 7.05 Å². The van der Waals surface area contributed by atoms with Crippen LogP contribution in [0, 0.1) is 5.92 Å². The molecule has 25 heavy (non-hydrogen) atoms. The zero-order valence-electron chi connectivity index (χ0n) is 15.3. The van der Waals surface area contributed by atoms with Gasteiger partial charge in [-0.05, 0) is 50.6 Å². The Morgan fingerprint density at radius 3 is 2.64 bits per heavy atom. The summed E-state index contributed by atoms with van der Waals surface area (Å²) in [7, 11) is 5.75. The Hall–Kier alpha value is -1.35. The van der Waals surface area contributed by atoms with E-state index in [9.17, 15) is 4.79 Å². The van der Waals surface area contributed by atoms with Crippen LogP contribution in [0.1, 0.15) is 28.8 Å². The number of hydrogen-bond donors (Lipinski definition) is 3. The van der Waals surface area contributed by atoms with Gasteiger partial charge in [0, 0.05) is 38.8 Å². The van der Waals surface area contributed by atoms with Crippen molar-refractivity contribution in [3.63, 3.8) is 0 Å². The summed E-state index contributed by atoms with van der Waals surface area (Å²) in [6.07, 6.45) is 2.63. The normalized spacial score (nSPS) is 14.0. The molecule has 1 aliphatic carbocycles. The second-order valence-corrected chi connectivity index (χ2v) is 6.51. The first-order chi connectivity index (χ1) is 11.6. The highest BCUT2D eigenvalue weighted by Gasteiger charge is 2.21. The number of guanidine groups is 1. The third-order valence-electron chi connectivity index (χ3n) is 3.97. The van der Waals surface area contributed by atoms with E-state index in [0.717, 1.165) is 30.5 Å². The van der Waals surface area contributed by atoms with E-state index >= 15 is 0 Å². The van der Waals surface area contributed by atoms with Gasteiger partial charge in [0.2, 0.25) is 0 Å². The number of aliphatic imine (C=N–C) groups is 1. The molecule has 0 unspecified atom stereocenters. The van der Waals surface area contributed by atoms with E-state index in [4.69, 9.17) is 0 Å². The van der Waals surface area contributed by atoms with Crippen LogP contribution in [0.25, 0.3) is 0 Å². The number of halogens is 1. The molecule has 3 N–H and O–H groups in total. The quantitative estimate of drug-likeness (QED) is 0.315. The molecule has 0 aliphatic heterocycles. The topological polar surface area (TPSA) is 68.8 Å². The summed E-state index contributed by atoms with van der Waals surface area (Å²) in [5.74, 6) is 1.58. The minimum absolute atomic E-state index is 0. The molecule has 6 nitrogen and oxygen atoms in total. The summed E-state index contributed by atoms with van der Waals surface area (Å²) >= 11 is 0. The highest BCUT2D eigenvalue weighted by Crippen LogP contribution is 2.27. The van der Waals surface area contributed by atoms with Crippen molar-refractivity contribution in [2.24, 2.45) is 10.9 Å². The van der Waals surface area contributed by atoms with Gasteiger partial charge in [0.25, 0.3) is 5.91 Å². The third kappa shape index (κ3) is 8.53. The van der Waals surface area contributed by atoms with Crippen LogP contribution in [0.4, 0.5) is 0 Å². The summed E-state index contributed by atoms with van der Waals surface area (Å²) < 4.78 is 0. The van der Waals surface area contributed by atoms with Gasteiger partial charge >= 0.3 is 0 Å². The second kappa shape index (κ2) is 11.3. The zero-order valence-corrected chi connectivity index (χ0v) is 17.7. The Morgan fingerprint density at radius 2 is 2.00 bits per heavy atom. The summed E-state index contributed by atoms with van der Waals surface area (Å²) in [5.41, 5.74) is 1.75. The molecular weight excluding hydrogens is 429 g/mol. The highest BCUT2D eigenvalue weighted by atomic mass is 127. The summed E-state index contributed by atoms with van der Waals surface area (Å²) in [4.78, 5) is 18.4. The Kier molecular flexibility index (Phi) is 9.81. The molecule has 1 saturated carbocycles. The van der Waals surface area contributed by atoms with Crippen LogP contribution in [0.5, 0.6) is 0 Å². The standard InChI is InChI=1S/C18H29N5O.HI/c1-19-18(21-12-14-7-8-14)22-13-15-5-4-6-16(11-15)17(24)20-9-10-23(2)3;/h4-6,11,14H,7-10,12-13H2,1-3H3,(H,20,24)(H2,19,21,22);1H. The van der Waals surface area contributed by atoms with Crippen LogP contribution in [-0.4, -0.2) is 57.5 Å². The molecule has 1 aromatic rings. The number of carbonyl (C=O) groups excluding carboxylic acids is 1. The van der Waals surface area contributed by atoms with Crippen LogP contribution in [0.15, 0.2) is 29.3 Å². The SMILES string of the molecule is CN=C(NCc1cccc(C(=O)NCCN(C)C)c1)NCC1CC1.I. The van der Waals surface area contributed by atoms with E-state index in [0.29, 0.717) is 18.7 Å². The van der Waals surface area contributed by atoms with E-state index in [-0.39, 0.29) is 29.9 Å². The second-order valence-electron chi connectivity index (χ2n) is 6.51. The van der Waals surface area contributed by atoms with Crippen molar-refractivity contribution in [2.75, 3.05) is 40.8 Å². The largest absolute Gasteiger partial charge is 0.356 e. The number of nitrogens with zero attached hydrogens (tertiary/aromatic N) is 2. The maximum absolute atomic E-state index is 12.2. The smallest absolute Gasteiger partial charge is 0.251 e. The lowest BCUT2D eigenvalue weighted by Crippen LogP contribution is -2.37. The van der Waals surface area contributed by atoms with Crippen molar-refractivity contribution in [1.82, 2.24) is 20.9 Å². The van der Waals surface area contributed by atoms with Crippen molar-refractivity contribution in [3.8, 4) is 0 Å². The number of hydrogen-bond acceptors (Lipinski definition) is 3. The Balaban J connectivity index is 0.00000312. The van der Waals surface area contributed by atoms with E-state index in [2.05, 4.69) is 20.9 Å². The van der Waals surface area contributed by atoms with Crippen LogP contribution in [0.2, 0.25) is 0 Å². The fourth-order valence-electron chi connectivity index (χ4n) is 2.29. The molecule has 7 heteroatoms. The van der Waals surface area contributed by atoms with Crippen molar-refractivity contribution in [2.45, 2.75) is 19.4 Å². The van der Waals surface area contributed by atoms with Crippen LogP contribution in [-0.2, 0) is 6.54 Å². The predicted octanol–water partition coefficient (Wildman–Crippen LogP) is 1.67. The van der Waals surface area contributed by atoms with Crippen LogP contribution < -0.4 is 16.0 Å². The molecule has 0 atom stereocenters. The molecule has 1 amide bonds. The van der Waals surface area contributed by atoms with E-state index in [1.807, 2.05) is 43.3 Å². The Bertz CT molecular complexity index is 572. The molecule has 140 valence electrons. The number of likely N-dealkylation sites (N-methyl/N-ethyl adjacent to an activating group) is 1. The number of amides is 1. The van der Waals surface area contributed by atoms with Gasteiger partial charge in [0.15, 0.2) is 5.96 Å². The molecule has 1 aliphatic rings. The zero-order chi connectivity index (χ0) is 17.4. The maximum Gasteiger partial charge on any atom is 0.251 e. The monoisotopic (exact) mass is 459 g/mol.